The van der Waals surface area contributed by atoms with E-state index in [2.05, 4.69) is 5.32 Å². The molecule has 0 saturated carbocycles. The molecule has 0 saturated heterocycles. The number of para-hydroxylation sites is 2. The molecule has 2 aromatic heterocycles. The lowest BCUT2D eigenvalue weighted by Gasteiger charge is -2.30. The molecule has 0 bridgehead atoms. The monoisotopic (exact) mass is 388 g/mol. The van der Waals surface area contributed by atoms with E-state index in [-0.39, 0.29) is 17.3 Å². The van der Waals surface area contributed by atoms with Crippen molar-refractivity contribution in [1.82, 2.24) is 13.7 Å². The van der Waals surface area contributed by atoms with E-state index in [1.54, 1.807) is 18.7 Å². The maximum absolute atomic E-state index is 12.9. The Bertz CT molecular complexity index is 1380. The van der Waals surface area contributed by atoms with Crippen LogP contribution in [0.5, 0.6) is 5.75 Å². The molecule has 0 amide bonds. The first-order valence-electron chi connectivity index (χ1n) is 9.32. The van der Waals surface area contributed by atoms with Gasteiger partial charge in [0.15, 0.2) is 0 Å². The Balaban J connectivity index is 1.88. The van der Waals surface area contributed by atoms with Crippen LogP contribution < -0.4 is 21.3 Å². The number of methoxy groups -OCH3 is 1. The maximum atomic E-state index is 12.9. The zero-order chi connectivity index (χ0) is 20.3. The van der Waals surface area contributed by atoms with Gasteiger partial charge in [-0.2, -0.15) is 0 Å². The minimum atomic E-state index is -0.344. The number of fused-ring (bicyclic) bond motifs is 5. The number of aryl methyl sites for hydroxylation is 1. The van der Waals surface area contributed by atoms with Gasteiger partial charge in [-0.3, -0.25) is 13.9 Å². The van der Waals surface area contributed by atoms with E-state index >= 15 is 0 Å². The van der Waals surface area contributed by atoms with Gasteiger partial charge in [-0.1, -0.05) is 24.3 Å². The fourth-order valence-electron chi connectivity index (χ4n) is 4.15. The van der Waals surface area contributed by atoms with Crippen molar-refractivity contribution in [2.75, 3.05) is 12.4 Å². The number of hydrogen-bond donors (Lipinski definition) is 1. The van der Waals surface area contributed by atoms with Crippen LogP contribution in [0.3, 0.4) is 0 Å². The molecule has 29 heavy (non-hydrogen) atoms. The highest BCUT2D eigenvalue weighted by molar-refractivity contribution is 5.86. The maximum Gasteiger partial charge on any atom is 0.331 e. The molecule has 146 valence electrons. The van der Waals surface area contributed by atoms with Gasteiger partial charge in [0.05, 0.1) is 41.1 Å². The van der Waals surface area contributed by atoms with Gasteiger partial charge < -0.3 is 14.6 Å². The van der Waals surface area contributed by atoms with Crippen molar-refractivity contribution in [2.45, 2.75) is 6.04 Å². The molecule has 1 aliphatic heterocycles. The Morgan fingerprint density at radius 1 is 0.966 bits per heavy atom. The second-order valence-corrected chi connectivity index (χ2v) is 7.22. The predicted octanol–water partition coefficient (Wildman–Crippen LogP) is 2.55. The van der Waals surface area contributed by atoms with Crippen LogP contribution in [0.1, 0.15) is 17.3 Å². The SMILES string of the molecule is COc1ccc(C2Nc3ccccc3-n3cc4c(=O)n(C)c(=O)n(C)c4c32)cc1. The molecular weight excluding hydrogens is 368 g/mol. The minimum Gasteiger partial charge on any atom is -0.497 e. The highest BCUT2D eigenvalue weighted by Crippen LogP contribution is 2.40. The lowest BCUT2D eigenvalue weighted by molar-refractivity contribution is 0.414. The van der Waals surface area contributed by atoms with Crippen molar-refractivity contribution >= 4 is 16.6 Å². The average molecular weight is 388 g/mol. The van der Waals surface area contributed by atoms with E-state index in [4.69, 9.17) is 4.74 Å². The number of nitrogens with zero attached hydrogens (tertiary/aromatic N) is 3. The third kappa shape index (κ3) is 2.37. The summed E-state index contributed by atoms with van der Waals surface area (Å²) in [5.74, 6) is 0.770. The summed E-state index contributed by atoms with van der Waals surface area (Å²) in [6.07, 6.45) is 1.84. The second-order valence-electron chi connectivity index (χ2n) is 7.22. The first-order chi connectivity index (χ1) is 14.0. The molecule has 3 heterocycles. The molecule has 0 radical (unpaired) electrons. The molecule has 4 aromatic rings. The van der Waals surface area contributed by atoms with E-state index in [1.807, 2.05) is 59.3 Å². The summed E-state index contributed by atoms with van der Waals surface area (Å²) in [7, 11) is 4.85. The van der Waals surface area contributed by atoms with Crippen molar-refractivity contribution in [1.29, 1.82) is 0 Å². The van der Waals surface area contributed by atoms with E-state index in [9.17, 15) is 9.59 Å². The quantitative estimate of drug-likeness (QED) is 0.573. The molecule has 0 aliphatic carbocycles. The fourth-order valence-corrected chi connectivity index (χ4v) is 4.15. The van der Waals surface area contributed by atoms with Crippen LogP contribution in [-0.4, -0.2) is 20.8 Å². The van der Waals surface area contributed by atoms with Crippen molar-refractivity contribution < 1.29 is 4.74 Å². The minimum absolute atomic E-state index is 0.231. The number of rotatable bonds is 2. The summed E-state index contributed by atoms with van der Waals surface area (Å²) in [5, 5.41) is 4.10. The standard InChI is InChI=1S/C22H20N4O3/c1-24-19-15(21(27)25(2)22(24)28)12-26-17-7-5-4-6-16(17)23-18(20(19)26)13-8-10-14(29-3)11-9-13/h4-12,18,23H,1-3H3. The molecule has 1 aliphatic rings. The Morgan fingerprint density at radius 2 is 1.69 bits per heavy atom. The summed E-state index contributed by atoms with van der Waals surface area (Å²) in [4.78, 5) is 25.5. The number of anilines is 1. The van der Waals surface area contributed by atoms with Crippen molar-refractivity contribution in [3.05, 3.63) is 86.8 Å². The first kappa shape index (κ1) is 17.4. The summed E-state index contributed by atoms with van der Waals surface area (Å²) < 4.78 is 10.0. The average Bonchev–Trinajstić information content (AvgIpc) is 3.17. The topological polar surface area (TPSA) is 70.2 Å². The van der Waals surface area contributed by atoms with Gasteiger partial charge in [0.25, 0.3) is 5.56 Å². The van der Waals surface area contributed by atoms with Crippen LogP contribution >= 0.6 is 0 Å². The van der Waals surface area contributed by atoms with Crippen LogP contribution in [0.25, 0.3) is 16.6 Å². The Labute approximate surface area is 166 Å². The Morgan fingerprint density at radius 3 is 2.41 bits per heavy atom. The predicted molar refractivity (Wildman–Crippen MR) is 112 cm³/mol. The molecule has 7 nitrogen and oxygen atoms in total. The third-order valence-electron chi connectivity index (χ3n) is 5.65. The molecule has 0 spiro atoms. The normalized spacial score (nSPS) is 14.9. The lowest BCUT2D eigenvalue weighted by atomic mass is 9.99. The molecule has 2 aromatic carbocycles. The molecule has 1 atom stereocenters. The van der Waals surface area contributed by atoms with Crippen LogP contribution in [0.2, 0.25) is 0 Å². The Kier molecular flexibility index (Phi) is 3.67. The number of ether oxygens (including phenoxy) is 1. The molecule has 1 N–H and O–H groups in total. The van der Waals surface area contributed by atoms with Gasteiger partial charge in [0, 0.05) is 20.3 Å². The van der Waals surface area contributed by atoms with E-state index in [1.165, 1.54) is 7.05 Å². The largest absolute Gasteiger partial charge is 0.497 e. The van der Waals surface area contributed by atoms with Crippen molar-refractivity contribution in [3.63, 3.8) is 0 Å². The zero-order valence-corrected chi connectivity index (χ0v) is 16.3. The van der Waals surface area contributed by atoms with Gasteiger partial charge in [-0.05, 0) is 29.8 Å². The molecule has 0 fully saturated rings. The first-order valence-corrected chi connectivity index (χ1v) is 9.32. The van der Waals surface area contributed by atoms with Gasteiger partial charge in [0.2, 0.25) is 0 Å². The van der Waals surface area contributed by atoms with Gasteiger partial charge in [-0.25, -0.2) is 4.79 Å². The second kappa shape index (κ2) is 6.13. The van der Waals surface area contributed by atoms with Crippen LogP contribution in [0.15, 0.2) is 64.3 Å². The van der Waals surface area contributed by atoms with Crippen LogP contribution in [-0.2, 0) is 14.1 Å². The van der Waals surface area contributed by atoms with Crippen molar-refractivity contribution in [2.24, 2.45) is 14.1 Å². The lowest BCUT2D eigenvalue weighted by Crippen LogP contribution is -2.37. The van der Waals surface area contributed by atoms with Gasteiger partial charge >= 0.3 is 5.69 Å². The number of nitrogens with one attached hydrogen (secondary N) is 1. The summed E-state index contributed by atoms with van der Waals surface area (Å²) in [5.41, 5.74) is 3.78. The number of benzene rings is 2. The fraction of sp³-hybridized carbons (Fsp3) is 0.182. The molecular formula is C22H20N4O3. The number of aromatic nitrogens is 3. The van der Waals surface area contributed by atoms with E-state index < -0.39 is 0 Å². The van der Waals surface area contributed by atoms with E-state index in [0.29, 0.717) is 10.9 Å². The van der Waals surface area contributed by atoms with Gasteiger partial charge in [0.1, 0.15) is 5.75 Å². The Hall–Kier alpha value is -3.74. The summed E-state index contributed by atoms with van der Waals surface area (Å²) in [6, 6.07) is 15.5. The van der Waals surface area contributed by atoms with Crippen molar-refractivity contribution in [3.8, 4) is 11.4 Å². The summed E-state index contributed by atoms with van der Waals surface area (Å²) >= 11 is 0. The molecule has 7 heteroatoms. The van der Waals surface area contributed by atoms with Crippen LogP contribution in [0, 0.1) is 0 Å². The summed E-state index contributed by atoms with van der Waals surface area (Å²) in [6.45, 7) is 0. The zero-order valence-electron chi connectivity index (χ0n) is 16.3. The third-order valence-corrected chi connectivity index (χ3v) is 5.65. The number of hydrogen-bond acceptors (Lipinski definition) is 4. The molecule has 5 rings (SSSR count). The molecule has 1 unspecified atom stereocenters. The smallest absolute Gasteiger partial charge is 0.331 e. The van der Waals surface area contributed by atoms with Gasteiger partial charge in [-0.15, -0.1) is 0 Å². The highest BCUT2D eigenvalue weighted by atomic mass is 16.5. The van der Waals surface area contributed by atoms with E-state index in [0.717, 1.165) is 32.9 Å². The van der Waals surface area contributed by atoms with Crippen LogP contribution in [0.4, 0.5) is 5.69 Å². The highest BCUT2D eigenvalue weighted by Gasteiger charge is 2.30.